The molecule has 0 unspecified atom stereocenters. The molecule has 0 radical (unpaired) electrons. The Labute approximate surface area is 135 Å². The van der Waals surface area contributed by atoms with Crippen molar-refractivity contribution in [2.24, 2.45) is 5.92 Å². The van der Waals surface area contributed by atoms with Gasteiger partial charge in [0.1, 0.15) is 0 Å². The number of carbonyl (C=O) groups excluding carboxylic acids is 2. The zero-order valence-corrected chi connectivity index (χ0v) is 13.2. The molecule has 0 aliphatic heterocycles. The first-order valence-corrected chi connectivity index (χ1v) is 7.44. The van der Waals surface area contributed by atoms with Crippen molar-refractivity contribution in [3.63, 3.8) is 0 Å². The van der Waals surface area contributed by atoms with Gasteiger partial charge < -0.3 is 10.1 Å². The number of ether oxygens (including phenoxy) is 1. The van der Waals surface area contributed by atoms with Gasteiger partial charge in [0, 0.05) is 24.0 Å². The van der Waals surface area contributed by atoms with Crippen molar-refractivity contribution in [1.82, 2.24) is 10.3 Å². The van der Waals surface area contributed by atoms with E-state index in [-0.39, 0.29) is 17.9 Å². The summed E-state index contributed by atoms with van der Waals surface area (Å²) in [5, 5.41) is 2.86. The lowest BCUT2D eigenvalue weighted by atomic mass is 9.93. The van der Waals surface area contributed by atoms with Crippen LogP contribution in [0, 0.1) is 5.92 Å². The number of hydrogen-bond acceptors (Lipinski definition) is 4. The van der Waals surface area contributed by atoms with Crippen LogP contribution in [0.1, 0.15) is 22.8 Å². The fraction of sp³-hybridized carbons (Fsp3) is 0.278. The van der Waals surface area contributed by atoms with E-state index in [0.717, 1.165) is 5.56 Å². The van der Waals surface area contributed by atoms with Crippen LogP contribution in [0.5, 0.6) is 0 Å². The van der Waals surface area contributed by atoms with Crippen molar-refractivity contribution in [3.8, 4) is 0 Å². The molecule has 1 heterocycles. The number of methoxy groups -OCH3 is 1. The number of hydrogen-bond donors (Lipinski definition) is 1. The van der Waals surface area contributed by atoms with Crippen LogP contribution in [-0.4, -0.2) is 30.0 Å². The molecule has 2 atom stereocenters. The largest absolute Gasteiger partial charge is 0.469 e. The van der Waals surface area contributed by atoms with Gasteiger partial charge in [0.2, 0.25) is 0 Å². The first-order chi connectivity index (χ1) is 11.1. The van der Waals surface area contributed by atoms with Crippen LogP contribution in [0.2, 0.25) is 0 Å². The lowest BCUT2D eigenvalue weighted by molar-refractivity contribution is -0.146. The summed E-state index contributed by atoms with van der Waals surface area (Å²) < 4.78 is 4.89. The molecule has 0 saturated carbocycles. The summed E-state index contributed by atoms with van der Waals surface area (Å²) in [5.41, 5.74) is 1.53. The Kier molecular flexibility index (Phi) is 5.86. The number of esters is 1. The van der Waals surface area contributed by atoms with Crippen molar-refractivity contribution in [2.75, 3.05) is 7.11 Å². The maximum Gasteiger partial charge on any atom is 0.311 e. The Balaban J connectivity index is 2.09. The third-order valence-electron chi connectivity index (χ3n) is 3.71. The Bertz CT molecular complexity index is 644. The van der Waals surface area contributed by atoms with E-state index in [0.29, 0.717) is 12.0 Å². The smallest absolute Gasteiger partial charge is 0.311 e. The van der Waals surface area contributed by atoms with E-state index in [9.17, 15) is 9.59 Å². The summed E-state index contributed by atoms with van der Waals surface area (Å²) in [6.07, 6.45) is 3.62. The lowest BCUT2D eigenvalue weighted by Gasteiger charge is -2.23. The minimum absolute atomic E-state index is 0.234. The van der Waals surface area contributed by atoms with Crippen LogP contribution in [0.4, 0.5) is 0 Å². The van der Waals surface area contributed by atoms with Crippen molar-refractivity contribution in [2.45, 2.75) is 19.4 Å². The maximum absolute atomic E-state index is 12.2. The van der Waals surface area contributed by atoms with Gasteiger partial charge in [-0.3, -0.25) is 14.6 Å². The summed E-state index contributed by atoms with van der Waals surface area (Å²) in [7, 11) is 1.36. The second-order valence-electron chi connectivity index (χ2n) is 5.32. The van der Waals surface area contributed by atoms with Gasteiger partial charge in [-0.2, -0.15) is 0 Å². The number of pyridine rings is 1. The number of amides is 1. The quantitative estimate of drug-likeness (QED) is 0.831. The topological polar surface area (TPSA) is 68.3 Å². The van der Waals surface area contributed by atoms with Crippen molar-refractivity contribution >= 4 is 11.9 Å². The number of carbonyl (C=O) groups is 2. The van der Waals surface area contributed by atoms with Crippen molar-refractivity contribution in [3.05, 3.63) is 66.0 Å². The molecule has 2 rings (SSSR count). The standard InChI is InChI=1S/C18H20N2O3/c1-13(20-17(21)15-8-10-19-11-9-15)16(18(22)23-2)12-14-6-4-3-5-7-14/h3-11,13,16H,12H2,1-2H3,(H,20,21)/t13-,16+/m1/s1. The molecule has 1 aromatic heterocycles. The van der Waals surface area contributed by atoms with Crippen LogP contribution in [0.15, 0.2) is 54.9 Å². The molecule has 1 N–H and O–H groups in total. The molecule has 0 spiro atoms. The van der Waals surface area contributed by atoms with Crippen LogP contribution >= 0.6 is 0 Å². The van der Waals surface area contributed by atoms with Crippen LogP contribution < -0.4 is 5.32 Å². The van der Waals surface area contributed by atoms with Gasteiger partial charge in [0.05, 0.1) is 13.0 Å². The SMILES string of the molecule is COC(=O)[C@@H](Cc1ccccc1)[C@@H](C)NC(=O)c1ccncc1. The number of nitrogens with zero attached hydrogens (tertiary/aromatic N) is 1. The fourth-order valence-electron chi connectivity index (χ4n) is 2.38. The third kappa shape index (κ3) is 4.64. The predicted octanol–water partition coefficient (Wildman–Crippen LogP) is 2.23. The summed E-state index contributed by atoms with van der Waals surface area (Å²) in [5.74, 6) is -1.02. The lowest BCUT2D eigenvalue weighted by Crippen LogP contribution is -2.42. The van der Waals surface area contributed by atoms with Crippen molar-refractivity contribution in [1.29, 1.82) is 0 Å². The monoisotopic (exact) mass is 312 g/mol. The van der Waals surface area contributed by atoms with Crippen LogP contribution in [0.3, 0.4) is 0 Å². The van der Waals surface area contributed by atoms with E-state index in [1.165, 1.54) is 7.11 Å². The van der Waals surface area contributed by atoms with E-state index in [1.807, 2.05) is 37.3 Å². The van der Waals surface area contributed by atoms with Gasteiger partial charge in [-0.25, -0.2) is 0 Å². The summed E-state index contributed by atoms with van der Waals surface area (Å²) in [6.45, 7) is 1.81. The Morgan fingerprint density at radius 3 is 2.39 bits per heavy atom. The second-order valence-corrected chi connectivity index (χ2v) is 5.32. The van der Waals surface area contributed by atoms with E-state index < -0.39 is 5.92 Å². The van der Waals surface area contributed by atoms with Gasteiger partial charge in [0.25, 0.3) is 5.91 Å². The molecule has 0 aliphatic carbocycles. The summed E-state index contributed by atoms with van der Waals surface area (Å²) in [4.78, 5) is 28.2. The highest BCUT2D eigenvalue weighted by molar-refractivity contribution is 5.94. The highest BCUT2D eigenvalue weighted by atomic mass is 16.5. The molecular formula is C18H20N2O3. The van der Waals surface area contributed by atoms with Gasteiger partial charge in [-0.1, -0.05) is 30.3 Å². The summed E-state index contributed by atoms with van der Waals surface area (Å²) in [6, 6.07) is 12.6. The average molecular weight is 312 g/mol. The minimum Gasteiger partial charge on any atom is -0.469 e. The predicted molar refractivity (Wildman–Crippen MR) is 86.8 cm³/mol. The first-order valence-electron chi connectivity index (χ1n) is 7.44. The fourth-order valence-corrected chi connectivity index (χ4v) is 2.38. The molecule has 1 aromatic carbocycles. The molecule has 1 amide bonds. The Morgan fingerprint density at radius 2 is 1.78 bits per heavy atom. The Hall–Kier alpha value is -2.69. The van der Waals surface area contributed by atoms with E-state index in [2.05, 4.69) is 10.3 Å². The van der Waals surface area contributed by atoms with Crippen LogP contribution in [-0.2, 0) is 16.0 Å². The van der Waals surface area contributed by atoms with Gasteiger partial charge in [0.15, 0.2) is 0 Å². The van der Waals surface area contributed by atoms with Crippen molar-refractivity contribution < 1.29 is 14.3 Å². The van der Waals surface area contributed by atoms with E-state index >= 15 is 0 Å². The highest BCUT2D eigenvalue weighted by Gasteiger charge is 2.27. The maximum atomic E-state index is 12.2. The van der Waals surface area contributed by atoms with Crippen LogP contribution in [0.25, 0.3) is 0 Å². The molecule has 5 nitrogen and oxygen atoms in total. The molecule has 0 bridgehead atoms. The van der Waals surface area contributed by atoms with Gasteiger partial charge >= 0.3 is 5.97 Å². The average Bonchev–Trinajstić information content (AvgIpc) is 2.60. The Morgan fingerprint density at radius 1 is 1.13 bits per heavy atom. The summed E-state index contributed by atoms with van der Waals surface area (Å²) >= 11 is 0. The zero-order valence-electron chi connectivity index (χ0n) is 13.2. The molecule has 0 saturated heterocycles. The normalized spacial score (nSPS) is 13.0. The van der Waals surface area contributed by atoms with E-state index in [4.69, 9.17) is 4.74 Å². The molecule has 0 fully saturated rings. The molecule has 23 heavy (non-hydrogen) atoms. The zero-order chi connectivity index (χ0) is 16.7. The molecule has 120 valence electrons. The minimum atomic E-state index is -0.451. The van der Waals surface area contributed by atoms with Gasteiger partial charge in [-0.15, -0.1) is 0 Å². The number of rotatable bonds is 6. The van der Waals surface area contributed by atoms with Gasteiger partial charge in [-0.05, 0) is 31.0 Å². The first kappa shape index (κ1) is 16.7. The number of aromatic nitrogens is 1. The molecule has 5 heteroatoms. The number of benzene rings is 1. The molecule has 2 aromatic rings. The molecular weight excluding hydrogens is 292 g/mol. The third-order valence-corrected chi connectivity index (χ3v) is 3.71. The highest BCUT2D eigenvalue weighted by Crippen LogP contribution is 2.15. The van der Waals surface area contributed by atoms with E-state index in [1.54, 1.807) is 24.5 Å². The molecule has 0 aliphatic rings. The second kappa shape index (κ2) is 8.08. The number of nitrogens with one attached hydrogen (secondary N) is 1.